The predicted octanol–water partition coefficient (Wildman–Crippen LogP) is 2.86. The van der Waals surface area contributed by atoms with Gasteiger partial charge in [-0.1, -0.05) is 18.2 Å². The van der Waals surface area contributed by atoms with Crippen molar-refractivity contribution in [2.45, 2.75) is 13.0 Å². The fraction of sp³-hybridized carbons (Fsp3) is 0.188. The lowest BCUT2D eigenvalue weighted by Gasteiger charge is -2.09. The molecule has 3 rings (SSSR count). The summed E-state index contributed by atoms with van der Waals surface area (Å²) in [5.74, 6) is -0.822. The van der Waals surface area contributed by atoms with Crippen molar-refractivity contribution in [1.29, 1.82) is 0 Å². The molecule has 2 aromatic carbocycles. The molecule has 0 unspecified atom stereocenters. The minimum Gasteiger partial charge on any atom is -0.330 e. The van der Waals surface area contributed by atoms with Crippen LogP contribution in [0.5, 0.6) is 0 Å². The maximum atomic E-state index is 13.4. The highest BCUT2D eigenvalue weighted by Gasteiger charge is 2.11. The SMILES string of the molecule is NCCc1nc2ccccc2n1Cc1ccc(F)c(F)c1. The number of benzene rings is 2. The summed E-state index contributed by atoms with van der Waals surface area (Å²) in [6, 6.07) is 11.7. The number of para-hydroxylation sites is 2. The molecule has 21 heavy (non-hydrogen) atoms. The number of halogens is 2. The first kappa shape index (κ1) is 13.7. The van der Waals surface area contributed by atoms with E-state index in [9.17, 15) is 8.78 Å². The van der Waals surface area contributed by atoms with Crippen molar-refractivity contribution in [3.05, 3.63) is 65.5 Å². The van der Waals surface area contributed by atoms with Gasteiger partial charge in [-0.05, 0) is 36.4 Å². The lowest BCUT2D eigenvalue weighted by molar-refractivity contribution is 0.506. The van der Waals surface area contributed by atoms with Gasteiger partial charge in [0, 0.05) is 13.0 Å². The van der Waals surface area contributed by atoms with E-state index in [2.05, 4.69) is 4.98 Å². The van der Waals surface area contributed by atoms with Crippen LogP contribution in [0.15, 0.2) is 42.5 Å². The zero-order valence-electron chi connectivity index (χ0n) is 11.4. The van der Waals surface area contributed by atoms with Crippen LogP contribution >= 0.6 is 0 Å². The summed E-state index contributed by atoms with van der Waals surface area (Å²) >= 11 is 0. The van der Waals surface area contributed by atoms with Crippen molar-refractivity contribution in [3.63, 3.8) is 0 Å². The molecule has 0 aliphatic rings. The molecule has 1 heterocycles. The van der Waals surface area contributed by atoms with E-state index >= 15 is 0 Å². The molecule has 0 bridgehead atoms. The number of fused-ring (bicyclic) bond motifs is 1. The summed E-state index contributed by atoms with van der Waals surface area (Å²) in [6.07, 6.45) is 0.637. The number of rotatable bonds is 4. The van der Waals surface area contributed by atoms with E-state index < -0.39 is 11.6 Å². The molecule has 5 heteroatoms. The molecular weight excluding hydrogens is 272 g/mol. The maximum absolute atomic E-state index is 13.4. The van der Waals surface area contributed by atoms with E-state index in [1.807, 2.05) is 28.8 Å². The van der Waals surface area contributed by atoms with Crippen LogP contribution in [0.1, 0.15) is 11.4 Å². The summed E-state index contributed by atoms with van der Waals surface area (Å²) in [5.41, 5.74) is 8.16. The topological polar surface area (TPSA) is 43.8 Å². The van der Waals surface area contributed by atoms with Crippen molar-refractivity contribution < 1.29 is 8.78 Å². The lowest BCUT2D eigenvalue weighted by atomic mass is 10.2. The zero-order valence-corrected chi connectivity index (χ0v) is 11.4. The van der Waals surface area contributed by atoms with Crippen molar-refractivity contribution in [2.75, 3.05) is 6.54 Å². The molecule has 0 saturated carbocycles. The normalized spacial score (nSPS) is 11.2. The van der Waals surface area contributed by atoms with E-state index in [4.69, 9.17) is 5.73 Å². The summed E-state index contributed by atoms with van der Waals surface area (Å²) in [5, 5.41) is 0. The van der Waals surface area contributed by atoms with E-state index in [0.29, 0.717) is 25.1 Å². The monoisotopic (exact) mass is 287 g/mol. The van der Waals surface area contributed by atoms with Crippen LogP contribution in [0.25, 0.3) is 11.0 Å². The van der Waals surface area contributed by atoms with Gasteiger partial charge in [0.25, 0.3) is 0 Å². The lowest BCUT2D eigenvalue weighted by Crippen LogP contribution is -2.11. The van der Waals surface area contributed by atoms with Crippen LogP contribution < -0.4 is 5.73 Å². The Kier molecular flexibility index (Phi) is 3.66. The second kappa shape index (κ2) is 5.61. The summed E-state index contributed by atoms with van der Waals surface area (Å²) in [7, 11) is 0. The molecule has 3 aromatic rings. The Morgan fingerprint density at radius 2 is 1.86 bits per heavy atom. The Morgan fingerprint density at radius 1 is 1.05 bits per heavy atom. The predicted molar refractivity (Wildman–Crippen MR) is 78.0 cm³/mol. The molecule has 3 nitrogen and oxygen atoms in total. The van der Waals surface area contributed by atoms with Gasteiger partial charge in [-0.15, -0.1) is 0 Å². The van der Waals surface area contributed by atoms with Crippen LogP contribution in [0.3, 0.4) is 0 Å². The van der Waals surface area contributed by atoms with Gasteiger partial charge in [0.2, 0.25) is 0 Å². The molecule has 1 aromatic heterocycles. The van der Waals surface area contributed by atoms with E-state index in [1.165, 1.54) is 6.07 Å². The van der Waals surface area contributed by atoms with Crippen LogP contribution in [0.4, 0.5) is 8.78 Å². The van der Waals surface area contributed by atoms with E-state index in [-0.39, 0.29) is 0 Å². The number of nitrogens with zero attached hydrogens (tertiary/aromatic N) is 2. The standard InChI is InChI=1S/C16H15F2N3/c17-12-6-5-11(9-13(12)18)10-21-15-4-2-1-3-14(15)20-16(21)7-8-19/h1-6,9H,7-8,10,19H2. The molecule has 108 valence electrons. The van der Waals surface area contributed by atoms with Crippen LogP contribution in [0, 0.1) is 11.6 Å². The van der Waals surface area contributed by atoms with Gasteiger partial charge in [-0.2, -0.15) is 0 Å². The Bertz CT molecular complexity index is 780. The first-order valence-electron chi connectivity index (χ1n) is 6.77. The van der Waals surface area contributed by atoms with Gasteiger partial charge in [-0.3, -0.25) is 0 Å². The maximum Gasteiger partial charge on any atom is 0.159 e. The van der Waals surface area contributed by atoms with Crippen LogP contribution in [-0.2, 0) is 13.0 Å². The number of nitrogens with two attached hydrogens (primary N) is 1. The highest BCUT2D eigenvalue weighted by molar-refractivity contribution is 5.76. The third-order valence-electron chi connectivity index (χ3n) is 3.43. The third kappa shape index (κ3) is 2.64. The zero-order chi connectivity index (χ0) is 14.8. The summed E-state index contributed by atoms with van der Waals surface area (Å²) in [6.45, 7) is 0.925. The van der Waals surface area contributed by atoms with Gasteiger partial charge < -0.3 is 10.3 Å². The smallest absolute Gasteiger partial charge is 0.159 e. The Balaban J connectivity index is 2.05. The van der Waals surface area contributed by atoms with E-state index in [1.54, 1.807) is 6.07 Å². The Morgan fingerprint density at radius 3 is 2.62 bits per heavy atom. The fourth-order valence-corrected chi connectivity index (χ4v) is 2.44. The van der Waals surface area contributed by atoms with Crippen molar-refractivity contribution in [3.8, 4) is 0 Å². The first-order chi connectivity index (χ1) is 10.2. The molecule has 0 spiro atoms. The molecule has 0 saturated heterocycles. The minimum absolute atomic E-state index is 0.438. The minimum atomic E-state index is -0.837. The molecule has 0 fully saturated rings. The second-order valence-corrected chi connectivity index (χ2v) is 4.89. The molecule has 0 atom stereocenters. The summed E-state index contributed by atoms with van der Waals surface area (Å²) < 4.78 is 28.4. The first-order valence-corrected chi connectivity index (χ1v) is 6.77. The average molecular weight is 287 g/mol. The molecule has 0 radical (unpaired) electrons. The molecule has 0 amide bonds. The summed E-state index contributed by atoms with van der Waals surface area (Å²) in [4.78, 5) is 4.55. The Hall–Kier alpha value is -2.27. The quantitative estimate of drug-likeness (QED) is 0.802. The van der Waals surface area contributed by atoms with Gasteiger partial charge >= 0.3 is 0 Å². The van der Waals surface area contributed by atoms with Gasteiger partial charge in [0.15, 0.2) is 11.6 Å². The highest BCUT2D eigenvalue weighted by Crippen LogP contribution is 2.19. The van der Waals surface area contributed by atoms with Gasteiger partial charge in [0.1, 0.15) is 5.82 Å². The fourth-order valence-electron chi connectivity index (χ4n) is 2.44. The Labute approximate surface area is 121 Å². The second-order valence-electron chi connectivity index (χ2n) is 4.89. The molecule has 0 aliphatic heterocycles. The highest BCUT2D eigenvalue weighted by atomic mass is 19.2. The largest absolute Gasteiger partial charge is 0.330 e. The van der Waals surface area contributed by atoms with Gasteiger partial charge in [-0.25, -0.2) is 13.8 Å². The molecule has 2 N–H and O–H groups in total. The van der Waals surface area contributed by atoms with Crippen molar-refractivity contribution in [1.82, 2.24) is 9.55 Å². The average Bonchev–Trinajstić information content (AvgIpc) is 2.81. The van der Waals surface area contributed by atoms with Crippen molar-refractivity contribution in [2.24, 2.45) is 5.73 Å². The number of imidazole rings is 1. The van der Waals surface area contributed by atoms with Crippen LogP contribution in [-0.4, -0.2) is 16.1 Å². The number of aromatic nitrogens is 2. The van der Waals surface area contributed by atoms with E-state index in [0.717, 1.165) is 22.9 Å². The third-order valence-corrected chi connectivity index (χ3v) is 3.43. The number of hydrogen-bond acceptors (Lipinski definition) is 2. The van der Waals surface area contributed by atoms with Gasteiger partial charge in [0.05, 0.1) is 11.0 Å². The molecule has 0 aliphatic carbocycles. The number of hydrogen-bond donors (Lipinski definition) is 1. The van der Waals surface area contributed by atoms with Crippen molar-refractivity contribution >= 4 is 11.0 Å². The molecular formula is C16H15F2N3. The van der Waals surface area contributed by atoms with Crippen LogP contribution in [0.2, 0.25) is 0 Å².